The SMILES string of the molecule is O=C(O)CSc1nnc(NC(=O)CC2CCSCC2)s1. The largest absolute Gasteiger partial charge is 0.481 e. The Bertz CT molecular complexity index is 474. The van der Waals surface area contributed by atoms with E-state index in [1.54, 1.807) is 0 Å². The first-order valence-corrected chi connectivity index (χ1v) is 9.15. The van der Waals surface area contributed by atoms with E-state index in [4.69, 9.17) is 5.11 Å². The van der Waals surface area contributed by atoms with Crippen LogP contribution in [0.3, 0.4) is 0 Å². The number of rotatable bonds is 6. The highest BCUT2D eigenvalue weighted by Gasteiger charge is 2.18. The Kier molecular flexibility index (Phi) is 6.11. The van der Waals surface area contributed by atoms with Gasteiger partial charge in [-0.05, 0) is 30.3 Å². The van der Waals surface area contributed by atoms with Gasteiger partial charge in [-0.1, -0.05) is 23.1 Å². The van der Waals surface area contributed by atoms with Crippen molar-refractivity contribution in [1.82, 2.24) is 10.2 Å². The first-order valence-electron chi connectivity index (χ1n) is 6.19. The number of hydrogen-bond acceptors (Lipinski definition) is 7. The maximum absolute atomic E-state index is 11.9. The van der Waals surface area contributed by atoms with Gasteiger partial charge in [-0.15, -0.1) is 10.2 Å². The number of carbonyl (C=O) groups excluding carboxylic acids is 1. The molecule has 1 aromatic heterocycles. The van der Waals surface area contributed by atoms with Crippen molar-refractivity contribution in [3.05, 3.63) is 0 Å². The molecule has 1 aliphatic rings. The van der Waals surface area contributed by atoms with Crippen molar-refractivity contribution in [2.75, 3.05) is 22.6 Å². The van der Waals surface area contributed by atoms with E-state index in [9.17, 15) is 9.59 Å². The number of thioether (sulfide) groups is 2. The fraction of sp³-hybridized carbons (Fsp3) is 0.636. The van der Waals surface area contributed by atoms with Crippen LogP contribution in [-0.4, -0.2) is 44.4 Å². The summed E-state index contributed by atoms with van der Waals surface area (Å²) >= 11 is 4.25. The summed E-state index contributed by atoms with van der Waals surface area (Å²) in [5, 5.41) is 19.4. The molecule has 0 radical (unpaired) electrons. The minimum absolute atomic E-state index is 0.0344. The van der Waals surface area contributed by atoms with Crippen LogP contribution in [0.4, 0.5) is 5.13 Å². The first kappa shape index (κ1) is 15.6. The number of anilines is 1. The van der Waals surface area contributed by atoms with E-state index < -0.39 is 5.97 Å². The van der Waals surface area contributed by atoms with E-state index in [0.717, 1.165) is 36.1 Å². The van der Waals surface area contributed by atoms with Gasteiger partial charge in [0.15, 0.2) is 4.34 Å². The summed E-state index contributed by atoms with van der Waals surface area (Å²) in [5.41, 5.74) is 0. The minimum Gasteiger partial charge on any atom is -0.481 e. The van der Waals surface area contributed by atoms with Crippen molar-refractivity contribution in [2.45, 2.75) is 23.6 Å². The highest BCUT2D eigenvalue weighted by atomic mass is 32.2. The van der Waals surface area contributed by atoms with Crippen LogP contribution in [0.15, 0.2) is 4.34 Å². The molecule has 1 fully saturated rings. The van der Waals surface area contributed by atoms with Gasteiger partial charge in [0.05, 0.1) is 5.75 Å². The van der Waals surface area contributed by atoms with Crippen molar-refractivity contribution in [3.8, 4) is 0 Å². The van der Waals surface area contributed by atoms with Crippen molar-refractivity contribution in [3.63, 3.8) is 0 Å². The Labute approximate surface area is 129 Å². The third kappa shape index (κ3) is 5.29. The average Bonchev–Trinajstić information content (AvgIpc) is 2.85. The standard InChI is InChI=1S/C11H15N3O3S3/c15-8(5-7-1-3-18-4-2-7)12-10-13-14-11(20-10)19-6-9(16)17/h7H,1-6H2,(H,16,17)(H,12,13,15). The third-order valence-electron chi connectivity index (χ3n) is 2.79. The molecule has 2 N–H and O–H groups in total. The topological polar surface area (TPSA) is 92.2 Å². The number of carboxylic acids is 1. The summed E-state index contributed by atoms with van der Waals surface area (Å²) in [6.45, 7) is 0. The lowest BCUT2D eigenvalue weighted by atomic mass is 9.99. The fourth-order valence-corrected chi connectivity index (χ4v) is 4.52. The summed E-state index contributed by atoms with van der Waals surface area (Å²) in [4.78, 5) is 22.3. The average molecular weight is 333 g/mol. The van der Waals surface area contributed by atoms with Gasteiger partial charge in [-0.3, -0.25) is 9.59 Å². The highest BCUT2D eigenvalue weighted by Crippen LogP contribution is 2.27. The number of carbonyl (C=O) groups is 2. The van der Waals surface area contributed by atoms with Crippen molar-refractivity contribution < 1.29 is 14.7 Å². The molecule has 0 spiro atoms. The Morgan fingerprint density at radius 1 is 1.35 bits per heavy atom. The number of aromatic nitrogens is 2. The Morgan fingerprint density at radius 3 is 2.80 bits per heavy atom. The van der Waals surface area contributed by atoms with Crippen LogP contribution in [0.5, 0.6) is 0 Å². The lowest BCUT2D eigenvalue weighted by Gasteiger charge is -2.20. The van der Waals surface area contributed by atoms with Crippen molar-refractivity contribution >= 4 is 51.9 Å². The van der Waals surface area contributed by atoms with Crippen LogP contribution in [0, 0.1) is 5.92 Å². The molecular formula is C11H15N3O3S3. The van der Waals surface area contributed by atoms with Crippen molar-refractivity contribution in [2.24, 2.45) is 5.92 Å². The number of aliphatic carboxylic acids is 1. The number of nitrogens with one attached hydrogen (secondary N) is 1. The maximum atomic E-state index is 11.9. The smallest absolute Gasteiger partial charge is 0.313 e. The zero-order valence-corrected chi connectivity index (χ0v) is 13.2. The summed E-state index contributed by atoms with van der Waals surface area (Å²) in [7, 11) is 0. The maximum Gasteiger partial charge on any atom is 0.313 e. The number of carboxylic acid groups (broad SMARTS) is 1. The second-order valence-electron chi connectivity index (χ2n) is 4.36. The van der Waals surface area contributed by atoms with Gasteiger partial charge in [0, 0.05) is 6.42 Å². The molecule has 0 aromatic carbocycles. The molecule has 20 heavy (non-hydrogen) atoms. The molecule has 110 valence electrons. The van der Waals surface area contributed by atoms with E-state index in [1.165, 1.54) is 11.3 Å². The quantitative estimate of drug-likeness (QED) is 0.609. The Morgan fingerprint density at radius 2 is 2.10 bits per heavy atom. The highest BCUT2D eigenvalue weighted by molar-refractivity contribution is 8.01. The first-order chi connectivity index (χ1) is 9.63. The molecule has 0 aliphatic carbocycles. The van der Waals surface area contributed by atoms with E-state index in [-0.39, 0.29) is 11.7 Å². The molecule has 0 saturated carbocycles. The van der Waals surface area contributed by atoms with Gasteiger partial charge in [0.1, 0.15) is 0 Å². The number of hydrogen-bond donors (Lipinski definition) is 2. The van der Waals surface area contributed by atoms with Gasteiger partial charge in [0.2, 0.25) is 11.0 Å². The zero-order valence-electron chi connectivity index (χ0n) is 10.7. The molecule has 0 atom stereocenters. The minimum atomic E-state index is -0.897. The fourth-order valence-electron chi connectivity index (χ4n) is 1.83. The molecule has 1 amide bonds. The van der Waals surface area contributed by atoms with Crippen LogP contribution >= 0.6 is 34.9 Å². The Balaban J connectivity index is 1.77. The van der Waals surface area contributed by atoms with Crippen LogP contribution in [0.25, 0.3) is 0 Å². The molecule has 0 unspecified atom stereocenters. The summed E-state index contributed by atoms with van der Waals surface area (Å²) in [5.74, 6) is 1.74. The summed E-state index contributed by atoms with van der Waals surface area (Å²) in [6.07, 6.45) is 2.71. The van der Waals surface area contributed by atoms with Gasteiger partial charge >= 0.3 is 5.97 Å². The van der Waals surface area contributed by atoms with Crippen LogP contribution in [-0.2, 0) is 9.59 Å². The molecule has 1 saturated heterocycles. The summed E-state index contributed by atoms with van der Waals surface area (Å²) < 4.78 is 0.553. The van der Waals surface area contributed by atoms with Gasteiger partial charge < -0.3 is 10.4 Å². The zero-order chi connectivity index (χ0) is 14.4. The molecule has 1 aliphatic heterocycles. The van der Waals surface area contributed by atoms with Crippen molar-refractivity contribution in [1.29, 1.82) is 0 Å². The predicted molar refractivity (Wildman–Crippen MR) is 81.6 cm³/mol. The second-order valence-corrected chi connectivity index (χ2v) is 7.79. The molecular weight excluding hydrogens is 318 g/mol. The summed E-state index contributed by atoms with van der Waals surface area (Å²) in [6, 6.07) is 0. The van der Waals surface area contributed by atoms with Crippen LogP contribution in [0.2, 0.25) is 0 Å². The third-order valence-corrected chi connectivity index (χ3v) is 5.79. The monoisotopic (exact) mass is 333 g/mol. The van der Waals surface area contributed by atoms with Gasteiger partial charge in [-0.2, -0.15) is 11.8 Å². The van der Waals surface area contributed by atoms with Crippen LogP contribution in [0.1, 0.15) is 19.3 Å². The Hall–Kier alpha value is -0.800. The van der Waals surface area contributed by atoms with E-state index in [1.807, 2.05) is 11.8 Å². The van der Waals surface area contributed by atoms with E-state index in [0.29, 0.717) is 21.8 Å². The van der Waals surface area contributed by atoms with E-state index >= 15 is 0 Å². The number of amides is 1. The lowest BCUT2D eigenvalue weighted by Crippen LogP contribution is -2.19. The molecule has 1 aromatic rings. The normalized spacial score (nSPS) is 16.0. The molecule has 6 nitrogen and oxygen atoms in total. The number of nitrogens with zero attached hydrogens (tertiary/aromatic N) is 2. The van der Waals surface area contributed by atoms with Gasteiger partial charge in [-0.25, -0.2) is 0 Å². The molecule has 0 bridgehead atoms. The molecule has 2 rings (SSSR count). The molecule has 9 heteroatoms. The van der Waals surface area contributed by atoms with Crippen LogP contribution < -0.4 is 5.32 Å². The second kappa shape index (κ2) is 7.84. The predicted octanol–water partition coefficient (Wildman–Crippen LogP) is 2.19. The van der Waals surface area contributed by atoms with E-state index in [2.05, 4.69) is 15.5 Å². The lowest BCUT2D eigenvalue weighted by molar-refractivity contribution is -0.133. The molecule has 2 heterocycles. The van der Waals surface area contributed by atoms with Gasteiger partial charge in [0.25, 0.3) is 0 Å².